The fourth-order valence-corrected chi connectivity index (χ4v) is 4.24. The summed E-state index contributed by atoms with van der Waals surface area (Å²) in [6.07, 6.45) is 1.54. The number of fused-ring (bicyclic) bond motifs is 1. The van der Waals surface area contributed by atoms with Crippen molar-refractivity contribution in [3.63, 3.8) is 0 Å². The minimum Gasteiger partial charge on any atom is -0.497 e. The van der Waals surface area contributed by atoms with Crippen molar-refractivity contribution in [3.8, 4) is 16.9 Å². The number of thiophene rings is 1. The van der Waals surface area contributed by atoms with Gasteiger partial charge in [-0.2, -0.15) is 0 Å². The molecule has 0 spiro atoms. The summed E-state index contributed by atoms with van der Waals surface area (Å²) in [5, 5.41) is 6.27. The van der Waals surface area contributed by atoms with E-state index in [1.54, 1.807) is 24.8 Å². The highest BCUT2D eigenvalue weighted by molar-refractivity contribution is 7.17. The zero-order valence-electron chi connectivity index (χ0n) is 16.0. The lowest BCUT2D eigenvalue weighted by Gasteiger charge is -2.32. The highest BCUT2D eigenvalue weighted by atomic mass is 32.1. The first-order valence-corrected chi connectivity index (χ1v) is 10.1. The van der Waals surface area contributed by atoms with E-state index in [-0.39, 0.29) is 12.5 Å². The third-order valence-corrected chi connectivity index (χ3v) is 5.92. The largest absolute Gasteiger partial charge is 0.497 e. The number of nitrogens with one attached hydrogen (secondary N) is 1. The number of likely N-dealkylation sites (N-methyl/N-ethyl adjacent to an activating group) is 1. The third-order valence-electron chi connectivity index (χ3n) is 5.03. The number of carbonyl (C=O) groups excluding carboxylic acids is 1. The van der Waals surface area contributed by atoms with Crippen molar-refractivity contribution in [1.82, 2.24) is 19.8 Å². The van der Waals surface area contributed by atoms with Crippen LogP contribution in [0, 0.1) is 0 Å². The summed E-state index contributed by atoms with van der Waals surface area (Å²) in [6.45, 7) is 3.59. The van der Waals surface area contributed by atoms with E-state index in [9.17, 15) is 4.79 Å². The fraction of sp³-hybridized carbons (Fsp3) is 0.350. The van der Waals surface area contributed by atoms with E-state index >= 15 is 0 Å². The molecule has 0 unspecified atom stereocenters. The summed E-state index contributed by atoms with van der Waals surface area (Å²) in [7, 11) is 3.73. The Morgan fingerprint density at radius 3 is 2.64 bits per heavy atom. The van der Waals surface area contributed by atoms with Crippen LogP contribution in [0.2, 0.25) is 0 Å². The average Bonchev–Trinajstić information content (AvgIpc) is 3.17. The van der Waals surface area contributed by atoms with Gasteiger partial charge in [0.2, 0.25) is 5.91 Å². The van der Waals surface area contributed by atoms with Gasteiger partial charge in [-0.1, -0.05) is 12.1 Å². The summed E-state index contributed by atoms with van der Waals surface area (Å²) in [5.74, 6) is 1.61. The van der Waals surface area contributed by atoms with Gasteiger partial charge in [-0.15, -0.1) is 11.3 Å². The molecule has 0 bridgehead atoms. The molecule has 0 saturated carbocycles. The molecular formula is C20H23N5O2S. The van der Waals surface area contributed by atoms with E-state index < -0.39 is 0 Å². The van der Waals surface area contributed by atoms with Crippen LogP contribution in [0.25, 0.3) is 21.3 Å². The number of aromatic nitrogens is 2. The van der Waals surface area contributed by atoms with E-state index in [2.05, 4.69) is 32.6 Å². The lowest BCUT2D eigenvalue weighted by atomic mass is 10.1. The number of benzene rings is 1. The number of nitrogens with zero attached hydrogens (tertiary/aromatic N) is 4. The Morgan fingerprint density at radius 2 is 1.93 bits per heavy atom. The number of anilines is 1. The first-order chi connectivity index (χ1) is 13.7. The number of amides is 1. The molecule has 0 radical (unpaired) electrons. The molecule has 1 fully saturated rings. The molecule has 3 heterocycles. The van der Waals surface area contributed by atoms with Gasteiger partial charge in [0.05, 0.1) is 19.0 Å². The zero-order chi connectivity index (χ0) is 19.5. The maximum absolute atomic E-state index is 12.6. The van der Waals surface area contributed by atoms with Gasteiger partial charge in [0.15, 0.2) is 0 Å². The first kappa shape index (κ1) is 18.6. The maximum atomic E-state index is 12.6. The Hall–Kier alpha value is -2.71. The summed E-state index contributed by atoms with van der Waals surface area (Å²) in [4.78, 5) is 26.4. The molecule has 0 atom stereocenters. The van der Waals surface area contributed by atoms with Crippen LogP contribution in [0.3, 0.4) is 0 Å². The Labute approximate surface area is 168 Å². The molecule has 2 aromatic heterocycles. The molecule has 3 aromatic rings. The lowest BCUT2D eigenvalue weighted by Crippen LogP contribution is -2.48. The van der Waals surface area contributed by atoms with Crippen LogP contribution in [-0.2, 0) is 4.79 Å². The van der Waals surface area contributed by atoms with Crippen LogP contribution in [0.1, 0.15) is 0 Å². The Kier molecular flexibility index (Phi) is 5.40. The number of hydrogen-bond donors (Lipinski definition) is 1. The summed E-state index contributed by atoms with van der Waals surface area (Å²) >= 11 is 1.57. The predicted molar refractivity (Wildman–Crippen MR) is 112 cm³/mol. The van der Waals surface area contributed by atoms with Crippen LogP contribution < -0.4 is 10.1 Å². The van der Waals surface area contributed by atoms with Gasteiger partial charge >= 0.3 is 0 Å². The molecule has 1 N–H and O–H groups in total. The van der Waals surface area contributed by atoms with Crippen LogP contribution in [0.15, 0.2) is 36.0 Å². The van der Waals surface area contributed by atoms with Gasteiger partial charge < -0.3 is 19.9 Å². The minimum absolute atomic E-state index is 0.0982. The normalized spacial score (nSPS) is 15.0. The SMILES string of the molecule is COc1ccc(-c2csc3ncnc(NCC(=O)N4CCN(C)CC4)c23)cc1. The minimum atomic E-state index is 0.0982. The second-order valence-corrected chi connectivity index (χ2v) is 7.68. The van der Waals surface area contributed by atoms with Crippen molar-refractivity contribution in [2.24, 2.45) is 0 Å². The second kappa shape index (κ2) is 8.12. The van der Waals surface area contributed by atoms with Crippen molar-refractivity contribution in [2.45, 2.75) is 0 Å². The molecule has 1 aliphatic rings. The summed E-state index contributed by atoms with van der Waals surface area (Å²) < 4.78 is 5.25. The van der Waals surface area contributed by atoms with Crippen LogP contribution in [0.5, 0.6) is 5.75 Å². The first-order valence-electron chi connectivity index (χ1n) is 9.22. The molecule has 1 aliphatic heterocycles. The number of ether oxygens (including phenoxy) is 1. The summed E-state index contributed by atoms with van der Waals surface area (Å²) in [5.41, 5.74) is 2.12. The second-order valence-electron chi connectivity index (χ2n) is 6.82. The molecule has 4 rings (SSSR count). The van der Waals surface area contributed by atoms with Crippen molar-refractivity contribution in [1.29, 1.82) is 0 Å². The van der Waals surface area contributed by atoms with Gasteiger partial charge in [0, 0.05) is 37.1 Å². The monoisotopic (exact) mass is 397 g/mol. The van der Waals surface area contributed by atoms with E-state index in [0.29, 0.717) is 5.82 Å². The molecule has 0 aliphatic carbocycles. The van der Waals surface area contributed by atoms with Gasteiger partial charge in [-0.25, -0.2) is 9.97 Å². The van der Waals surface area contributed by atoms with Gasteiger partial charge in [0.25, 0.3) is 0 Å². The molecule has 1 saturated heterocycles. The van der Waals surface area contributed by atoms with E-state index in [1.807, 2.05) is 29.2 Å². The summed E-state index contributed by atoms with van der Waals surface area (Å²) in [6, 6.07) is 7.91. The maximum Gasteiger partial charge on any atom is 0.242 e. The Bertz CT molecular complexity index is 964. The highest BCUT2D eigenvalue weighted by Gasteiger charge is 2.20. The van der Waals surface area contributed by atoms with Gasteiger partial charge in [-0.3, -0.25) is 4.79 Å². The van der Waals surface area contributed by atoms with Crippen molar-refractivity contribution >= 4 is 33.3 Å². The molecule has 28 heavy (non-hydrogen) atoms. The Morgan fingerprint density at radius 1 is 1.18 bits per heavy atom. The van der Waals surface area contributed by atoms with E-state index in [0.717, 1.165) is 53.3 Å². The van der Waals surface area contributed by atoms with Crippen LogP contribution >= 0.6 is 11.3 Å². The third kappa shape index (κ3) is 3.79. The molecule has 8 heteroatoms. The van der Waals surface area contributed by atoms with Crippen LogP contribution in [0.4, 0.5) is 5.82 Å². The zero-order valence-corrected chi connectivity index (χ0v) is 16.8. The molecular weight excluding hydrogens is 374 g/mol. The topological polar surface area (TPSA) is 70.6 Å². The molecule has 146 valence electrons. The van der Waals surface area contributed by atoms with Gasteiger partial charge in [0.1, 0.15) is 22.7 Å². The van der Waals surface area contributed by atoms with E-state index in [4.69, 9.17) is 4.74 Å². The smallest absolute Gasteiger partial charge is 0.242 e. The van der Waals surface area contributed by atoms with Gasteiger partial charge in [-0.05, 0) is 24.7 Å². The van der Waals surface area contributed by atoms with Crippen molar-refractivity contribution < 1.29 is 9.53 Å². The number of hydrogen-bond acceptors (Lipinski definition) is 7. The van der Waals surface area contributed by atoms with Crippen molar-refractivity contribution in [3.05, 3.63) is 36.0 Å². The molecule has 1 amide bonds. The van der Waals surface area contributed by atoms with E-state index in [1.165, 1.54) is 0 Å². The number of rotatable bonds is 5. The molecule has 1 aromatic carbocycles. The number of carbonyl (C=O) groups is 1. The highest BCUT2D eigenvalue weighted by Crippen LogP contribution is 2.36. The van der Waals surface area contributed by atoms with Crippen LogP contribution in [-0.4, -0.2) is 72.6 Å². The van der Waals surface area contributed by atoms with Crippen molar-refractivity contribution in [2.75, 3.05) is 52.2 Å². The predicted octanol–water partition coefficient (Wildman–Crippen LogP) is 2.55. The number of piperazine rings is 1. The Balaban J connectivity index is 1.55. The fourth-order valence-electron chi connectivity index (χ4n) is 3.32. The standard InChI is InChI=1S/C20H23N5O2S/c1-24-7-9-25(10-8-24)17(26)11-21-19-18-16(12-28-20(18)23-13-22-19)14-3-5-15(27-2)6-4-14/h3-6,12-13H,7-11H2,1-2H3,(H,21,22,23). The lowest BCUT2D eigenvalue weighted by molar-refractivity contribution is -0.130. The number of methoxy groups -OCH3 is 1. The quantitative estimate of drug-likeness (QED) is 0.714. The average molecular weight is 398 g/mol. The molecule has 7 nitrogen and oxygen atoms in total.